The van der Waals surface area contributed by atoms with E-state index in [-0.39, 0.29) is 32.6 Å². The lowest BCUT2D eigenvalue weighted by Crippen LogP contribution is -2.36. The van der Waals surface area contributed by atoms with Crippen LogP contribution in [0.25, 0.3) is 0 Å². The highest BCUT2D eigenvalue weighted by Gasteiger charge is 2.31. The van der Waals surface area contributed by atoms with Crippen LogP contribution < -0.4 is 9.04 Å². The highest BCUT2D eigenvalue weighted by molar-refractivity contribution is 7.92. The van der Waals surface area contributed by atoms with Gasteiger partial charge in [-0.1, -0.05) is 17.7 Å². The summed E-state index contributed by atoms with van der Waals surface area (Å²) in [7, 11) is -1.81. The van der Waals surface area contributed by atoms with Crippen molar-refractivity contribution in [1.29, 1.82) is 0 Å². The number of carbonyl (C=O) groups is 1. The van der Waals surface area contributed by atoms with Crippen LogP contribution in [0, 0.1) is 17.0 Å². The van der Waals surface area contributed by atoms with E-state index in [1.54, 1.807) is 0 Å². The Morgan fingerprint density at radius 2 is 1.93 bits per heavy atom. The van der Waals surface area contributed by atoms with Crippen molar-refractivity contribution in [2.24, 2.45) is 0 Å². The van der Waals surface area contributed by atoms with Crippen LogP contribution in [0.15, 0.2) is 41.3 Å². The largest absolute Gasteiger partial charge is 0.495 e. The molecule has 0 N–H and O–H groups in total. The van der Waals surface area contributed by atoms with E-state index in [4.69, 9.17) is 16.3 Å². The average molecular weight is 429 g/mol. The molecular formula is C17H17ClN2O7S. The lowest BCUT2D eigenvalue weighted by molar-refractivity contribution is -0.385. The maximum atomic E-state index is 13.2. The van der Waals surface area contributed by atoms with Crippen molar-refractivity contribution in [1.82, 2.24) is 0 Å². The number of halogens is 1. The number of carbonyl (C=O) groups excluding carboxylic acids is 1. The molecule has 2 aromatic carbocycles. The summed E-state index contributed by atoms with van der Waals surface area (Å²) in [5.74, 6) is -0.569. The fourth-order valence-electron chi connectivity index (χ4n) is 2.50. The number of sulfonamides is 1. The van der Waals surface area contributed by atoms with Crippen LogP contribution >= 0.6 is 11.6 Å². The fourth-order valence-corrected chi connectivity index (χ4v) is 4.31. The van der Waals surface area contributed by atoms with Gasteiger partial charge in [0.2, 0.25) is 0 Å². The van der Waals surface area contributed by atoms with Crippen molar-refractivity contribution in [3.8, 4) is 5.75 Å². The molecular weight excluding hydrogens is 412 g/mol. The molecule has 0 aliphatic carbocycles. The van der Waals surface area contributed by atoms with Crippen LogP contribution in [-0.2, 0) is 19.6 Å². The molecule has 0 atom stereocenters. The van der Waals surface area contributed by atoms with E-state index < -0.39 is 27.5 Å². The quantitative estimate of drug-likeness (QED) is 0.378. The van der Waals surface area contributed by atoms with Gasteiger partial charge in [0, 0.05) is 6.07 Å². The first-order valence-electron chi connectivity index (χ1n) is 7.80. The van der Waals surface area contributed by atoms with Crippen LogP contribution in [0.5, 0.6) is 5.75 Å². The zero-order valence-electron chi connectivity index (χ0n) is 15.2. The molecule has 0 aromatic heterocycles. The Morgan fingerprint density at radius 1 is 1.25 bits per heavy atom. The van der Waals surface area contributed by atoms with Gasteiger partial charge in [-0.3, -0.25) is 19.2 Å². The van der Waals surface area contributed by atoms with Crippen LogP contribution in [-0.4, -0.2) is 40.1 Å². The van der Waals surface area contributed by atoms with E-state index >= 15 is 0 Å². The number of nitrogens with zero attached hydrogens (tertiary/aromatic N) is 2. The van der Waals surface area contributed by atoms with Crippen LogP contribution in [0.2, 0.25) is 5.02 Å². The molecule has 150 valence electrons. The maximum absolute atomic E-state index is 13.2. The monoisotopic (exact) mass is 428 g/mol. The second-order valence-corrected chi connectivity index (χ2v) is 7.83. The number of rotatable bonds is 7. The smallest absolute Gasteiger partial charge is 0.326 e. The molecule has 0 saturated carbocycles. The number of benzene rings is 2. The molecule has 11 heteroatoms. The average Bonchev–Trinajstić information content (AvgIpc) is 2.65. The topological polar surface area (TPSA) is 116 Å². The Bertz CT molecular complexity index is 1020. The first-order valence-corrected chi connectivity index (χ1v) is 9.62. The summed E-state index contributed by atoms with van der Waals surface area (Å²) in [6, 6.07) is 7.75. The van der Waals surface area contributed by atoms with Gasteiger partial charge in [-0.05, 0) is 31.2 Å². The Kier molecular flexibility index (Phi) is 6.47. The van der Waals surface area contributed by atoms with Crippen molar-refractivity contribution >= 4 is 39.0 Å². The zero-order valence-corrected chi connectivity index (χ0v) is 16.8. The molecule has 0 aliphatic rings. The van der Waals surface area contributed by atoms with Crippen LogP contribution in [0.1, 0.15) is 5.56 Å². The Hall–Kier alpha value is -2.85. The Labute approximate surface area is 166 Å². The standard InChI is InChI=1S/C17H17ClN2O7S/c1-11-14(5-4-6-15(11)20(22)23)19(10-17(21)27-3)28(24,25)12-7-8-16(26-2)13(18)9-12/h4-9H,10H2,1-3H3. The maximum Gasteiger partial charge on any atom is 0.326 e. The lowest BCUT2D eigenvalue weighted by atomic mass is 10.1. The zero-order chi connectivity index (χ0) is 21.1. The summed E-state index contributed by atoms with van der Waals surface area (Å²) >= 11 is 6.03. The normalized spacial score (nSPS) is 11.0. The van der Waals surface area contributed by atoms with Gasteiger partial charge < -0.3 is 9.47 Å². The molecule has 0 amide bonds. The number of nitro benzene ring substituents is 1. The molecule has 2 rings (SSSR count). The number of esters is 1. The van der Waals surface area contributed by atoms with Gasteiger partial charge in [0.05, 0.1) is 40.3 Å². The fraction of sp³-hybridized carbons (Fsp3) is 0.235. The predicted molar refractivity (Wildman–Crippen MR) is 102 cm³/mol. The van der Waals surface area contributed by atoms with Gasteiger partial charge in [0.15, 0.2) is 0 Å². The van der Waals surface area contributed by atoms with Gasteiger partial charge in [-0.2, -0.15) is 0 Å². The first-order chi connectivity index (χ1) is 13.1. The van der Waals surface area contributed by atoms with E-state index in [2.05, 4.69) is 4.74 Å². The third-order valence-electron chi connectivity index (χ3n) is 3.95. The van der Waals surface area contributed by atoms with E-state index in [0.29, 0.717) is 0 Å². The highest BCUT2D eigenvalue weighted by atomic mass is 35.5. The second-order valence-electron chi connectivity index (χ2n) is 5.56. The van der Waals surface area contributed by atoms with E-state index in [9.17, 15) is 23.3 Å². The van der Waals surface area contributed by atoms with Gasteiger partial charge in [0.25, 0.3) is 15.7 Å². The van der Waals surface area contributed by atoms with E-state index in [1.165, 1.54) is 50.4 Å². The number of anilines is 1. The molecule has 2 aromatic rings. The summed E-state index contributed by atoms with van der Waals surface area (Å²) in [5, 5.41) is 11.3. The Morgan fingerprint density at radius 3 is 2.46 bits per heavy atom. The van der Waals surface area contributed by atoms with Gasteiger partial charge in [-0.15, -0.1) is 0 Å². The third kappa shape index (κ3) is 4.18. The number of hydrogen-bond acceptors (Lipinski definition) is 7. The van der Waals surface area contributed by atoms with Gasteiger partial charge >= 0.3 is 5.97 Å². The summed E-state index contributed by atoms with van der Waals surface area (Å²) in [6.07, 6.45) is 0. The second kappa shape index (κ2) is 8.44. The number of methoxy groups -OCH3 is 2. The molecule has 0 fully saturated rings. The highest BCUT2D eigenvalue weighted by Crippen LogP contribution is 2.34. The molecule has 0 heterocycles. The van der Waals surface area contributed by atoms with Gasteiger partial charge in [0.1, 0.15) is 12.3 Å². The summed E-state index contributed by atoms with van der Waals surface area (Å²) in [4.78, 5) is 22.2. The van der Waals surface area contributed by atoms with E-state index in [0.717, 1.165) is 11.4 Å². The molecule has 0 radical (unpaired) electrons. The Balaban J connectivity index is 2.67. The lowest BCUT2D eigenvalue weighted by Gasteiger charge is -2.25. The summed E-state index contributed by atoms with van der Waals surface area (Å²) in [5.41, 5.74) is -0.221. The molecule has 0 spiro atoms. The molecule has 0 bridgehead atoms. The molecule has 9 nitrogen and oxygen atoms in total. The van der Waals surface area contributed by atoms with E-state index in [1.807, 2.05) is 0 Å². The van der Waals surface area contributed by atoms with Crippen LogP contribution in [0.4, 0.5) is 11.4 Å². The summed E-state index contributed by atoms with van der Waals surface area (Å²) in [6.45, 7) is 0.721. The molecule has 0 unspecified atom stereocenters. The number of hydrogen-bond donors (Lipinski definition) is 0. The first kappa shape index (κ1) is 21.5. The van der Waals surface area contributed by atoms with Crippen molar-refractivity contribution in [2.45, 2.75) is 11.8 Å². The number of ether oxygens (including phenoxy) is 2. The minimum Gasteiger partial charge on any atom is -0.495 e. The predicted octanol–water partition coefficient (Wildman–Crippen LogP) is 2.93. The van der Waals surface area contributed by atoms with Crippen molar-refractivity contribution < 1.29 is 27.6 Å². The summed E-state index contributed by atoms with van der Waals surface area (Å²) < 4.78 is 36.8. The minimum absolute atomic E-state index is 0.0217. The molecule has 28 heavy (non-hydrogen) atoms. The third-order valence-corrected chi connectivity index (χ3v) is 6.00. The molecule has 0 aliphatic heterocycles. The molecule has 0 saturated heterocycles. The number of nitro groups is 1. The van der Waals surface area contributed by atoms with Gasteiger partial charge in [-0.25, -0.2) is 8.42 Å². The van der Waals surface area contributed by atoms with Crippen molar-refractivity contribution in [3.63, 3.8) is 0 Å². The van der Waals surface area contributed by atoms with Crippen LogP contribution in [0.3, 0.4) is 0 Å². The van der Waals surface area contributed by atoms with Crippen molar-refractivity contribution in [2.75, 3.05) is 25.1 Å². The van der Waals surface area contributed by atoms with Crippen molar-refractivity contribution in [3.05, 3.63) is 57.1 Å². The minimum atomic E-state index is -4.30. The SMILES string of the molecule is COC(=O)CN(c1cccc([N+](=O)[O-])c1C)S(=O)(=O)c1ccc(OC)c(Cl)c1.